The van der Waals surface area contributed by atoms with Crippen LogP contribution in [0.15, 0.2) is 78.9 Å². The Bertz CT molecular complexity index is 1180. The summed E-state index contributed by atoms with van der Waals surface area (Å²) in [4.78, 5) is 25.6. The molecule has 0 saturated heterocycles. The molecule has 1 amide bonds. The summed E-state index contributed by atoms with van der Waals surface area (Å²) >= 11 is 5.95. The molecule has 0 aromatic heterocycles. The van der Waals surface area contributed by atoms with Gasteiger partial charge in [-0.05, 0) is 52.7 Å². The van der Waals surface area contributed by atoms with E-state index in [1.165, 1.54) is 0 Å². The highest BCUT2D eigenvalue weighted by molar-refractivity contribution is 6.30. The van der Waals surface area contributed by atoms with Gasteiger partial charge in [-0.1, -0.05) is 66.2 Å². The van der Waals surface area contributed by atoms with Gasteiger partial charge in [0.25, 0.3) is 5.91 Å². The molecule has 0 spiro atoms. The van der Waals surface area contributed by atoms with Crippen LogP contribution in [0.2, 0.25) is 5.02 Å². The molecule has 0 unspecified atom stereocenters. The Kier molecular flexibility index (Phi) is 5.19. The SMILES string of the molecule is C[C@H](OC(=O)c1c2ccccc2cc2ccccc12)C(=O)Nc1cccc(Cl)c1. The zero-order valence-electron chi connectivity index (χ0n) is 15.7. The Labute approximate surface area is 173 Å². The van der Waals surface area contributed by atoms with Crippen molar-refractivity contribution in [2.75, 3.05) is 5.32 Å². The normalized spacial score (nSPS) is 11.9. The quantitative estimate of drug-likeness (QED) is 0.344. The highest BCUT2D eigenvalue weighted by Crippen LogP contribution is 2.29. The summed E-state index contributed by atoms with van der Waals surface area (Å²) in [6.07, 6.45) is -0.973. The van der Waals surface area contributed by atoms with Crippen LogP contribution in [0.5, 0.6) is 0 Å². The highest BCUT2D eigenvalue weighted by Gasteiger charge is 2.22. The fourth-order valence-corrected chi connectivity index (χ4v) is 3.51. The number of fused-ring (bicyclic) bond motifs is 2. The zero-order valence-corrected chi connectivity index (χ0v) is 16.4. The smallest absolute Gasteiger partial charge is 0.340 e. The second-order valence-corrected chi connectivity index (χ2v) is 7.18. The average molecular weight is 404 g/mol. The number of ether oxygens (including phenoxy) is 1. The van der Waals surface area contributed by atoms with Crippen molar-refractivity contribution in [3.63, 3.8) is 0 Å². The molecule has 1 N–H and O–H groups in total. The van der Waals surface area contributed by atoms with Gasteiger partial charge in [-0.25, -0.2) is 4.79 Å². The number of esters is 1. The van der Waals surface area contributed by atoms with Gasteiger partial charge in [0, 0.05) is 10.7 Å². The maximum absolute atomic E-state index is 13.1. The first-order valence-corrected chi connectivity index (χ1v) is 9.58. The number of nitrogens with one attached hydrogen (secondary N) is 1. The third-order valence-electron chi connectivity index (χ3n) is 4.72. The molecule has 0 heterocycles. The van der Waals surface area contributed by atoms with E-state index < -0.39 is 18.0 Å². The van der Waals surface area contributed by atoms with Crippen LogP contribution < -0.4 is 5.32 Å². The number of carbonyl (C=O) groups is 2. The minimum atomic E-state index is -0.973. The zero-order chi connectivity index (χ0) is 20.4. The van der Waals surface area contributed by atoms with Crippen LogP contribution in [-0.4, -0.2) is 18.0 Å². The minimum Gasteiger partial charge on any atom is -0.449 e. The number of hydrogen-bond acceptors (Lipinski definition) is 3. The van der Waals surface area contributed by atoms with Crippen molar-refractivity contribution in [3.8, 4) is 0 Å². The molecule has 4 aromatic carbocycles. The van der Waals surface area contributed by atoms with Gasteiger partial charge in [0.05, 0.1) is 5.56 Å². The lowest BCUT2D eigenvalue weighted by molar-refractivity contribution is -0.123. The van der Waals surface area contributed by atoms with Crippen molar-refractivity contribution in [3.05, 3.63) is 89.4 Å². The molecule has 0 aliphatic heterocycles. The van der Waals surface area contributed by atoms with Gasteiger partial charge in [0.1, 0.15) is 0 Å². The molecule has 4 nitrogen and oxygen atoms in total. The summed E-state index contributed by atoms with van der Waals surface area (Å²) in [6, 6.07) is 24.1. The molecule has 0 aliphatic rings. The van der Waals surface area contributed by atoms with E-state index in [2.05, 4.69) is 5.32 Å². The van der Waals surface area contributed by atoms with E-state index in [1.807, 2.05) is 54.6 Å². The van der Waals surface area contributed by atoms with Crippen LogP contribution in [0.4, 0.5) is 5.69 Å². The monoisotopic (exact) mass is 403 g/mol. The molecule has 0 aliphatic carbocycles. The second-order valence-electron chi connectivity index (χ2n) is 6.74. The van der Waals surface area contributed by atoms with Crippen molar-refractivity contribution >= 4 is 50.7 Å². The molecule has 5 heteroatoms. The molecule has 0 radical (unpaired) electrons. The van der Waals surface area contributed by atoms with Gasteiger partial charge in [0.2, 0.25) is 0 Å². The molecular formula is C24H18ClNO3. The van der Waals surface area contributed by atoms with Crippen LogP contribution in [0.3, 0.4) is 0 Å². The molecule has 0 bridgehead atoms. The summed E-state index contributed by atoms with van der Waals surface area (Å²) in [6.45, 7) is 1.55. The van der Waals surface area contributed by atoms with E-state index in [-0.39, 0.29) is 0 Å². The number of hydrogen-bond donors (Lipinski definition) is 1. The lowest BCUT2D eigenvalue weighted by Crippen LogP contribution is -2.30. The summed E-state index contributed by atoms with van der Waals surface area (Å²) < 4.78 is 5.53. The van der Waals surface area contributed by atoms with Crippen molar-refractivity contribution in [1.82, 2.24) is 0 Å². The maximum Gasteiger partial charge on any atom is 0.340 e. The number of benzene rings is 4. The van der Waals surface area contributed by atoms with E-state index in [4.69, 9.17) is 16.3 Å². The number of carbonyl (C=O) groups excluding carboxylic acids is 2. The average Bonchev–Trinajstić information content (AvgIpc) is 2.71. The number of halogens is 1. The van der Waals surface area contributed by atoms with E-state index >= 15 is 0 Å². The van der Waals surface area contributed by atoms with Gasteiger partial charge in [0.15, 0.2) is 6.10 Å². The molecule has 29 heavy (non-hydrogen) atoms. The summed E-state index contributed by atoms with van der Waals surface area (Å²) in [5, 5.41) is 6.68. The maximum atomic E-state index is 13.1. The number of anilines is 1. The molecule has 144 valence electrons. The summed E-state index contributed by atoms with van der Waals surface area (Å²) in [5.41, 5.74) is 1.00. The van der Waals surface area contributed by atoms with Crippen molar-refractivity contribution in [2.45, 2.75) is 13.0 Å². The van der Waals surface area contributed by atoms with E-state index in [0.717, 1.165) is 21.5 Å². The topological polar surface area (TPSA) is 55.4 Å². The molecular weight excluding hydrogens is 386 g/mol. The van der Waals surface area contributed by atoms with Gasteiger partial charge < -0.3 is 10.1 Å². The first-order chi connectivity index (χ1) is 14.0. The van der Waals surface area contributed by atoms with Crippen molar-refractivity contribution in [1.29, 1.82) is 0 Å². The van der Waals surface area contributed by atoms with E-state index in [0.29, 0.717) is 16.3 Å². The van der Waals surface area contributed by atoms with Gasteiger partial charge >= 0.3 is 5.97 Å². The highest BCUT2D eigenvalue weighted by atomic mass is 35.5. The summed E-state index contributed by atoms with van der Waals surface area (Å²) in [5.74, 6) is -0.961. The third kappa shape index (κ3) is 3.93. The fraction of sp³-hybridized carbons (Fsp3) is 0.0833. The number of rotatable bonds is 4. The Morgan fingerprint density at radius 1 is 0.862 bits per heavy atom. The number of amides is 1. The van der Waals surface area contributed by atoms with Crippen LogP contribution in [-0.2, 0) is 9.53 Å². The van der Waals surface area contributed by atoms with E-state index in [9.17, 15) is 9.59 Å². The standard InChI is InChI=1S/C24H18ClNO3/c1-15(23(27)26-19-10-6-9-18(25)14-19)29-24(28)22-20-11-4-2-7-16(20)13-17-8-3-5-12-21(17)22/h2-15H,1H3,(H,26,27)/t15-/m0/s1. The summed E-state index contributed by atoms with van der Waals surface area (Å²) in [7, 11) is 0. The Morgan fingerprint density at radius 2 is 1.48 bits per heavy atom. The molecule has 0 fully saturated rings. The molecule has 4 rings (SSSR count). The van der Waals surface area contributed by atoms with Gasteiger partial charge in [-0.3, -0.25) is 4.79 Å². The Hall–Kier alpha value is -3.37. The van der Waals surface area contributed by atoms with Crippen LogP contribution >= 0.6 is 11.6 Å². The van der Waals surface area contributed by atoms with Crippen LogP contribution in [0.1, 0.15) is 17.3 Å². The molecule has 4 aromatic rings. The lowest BCUT2D eigenvalue weighted by Gasteiger charge is -2.16. The first kappa shape index (κ1) is 19.0. The third-order valence-corrected chi connectivity index (χ3v) is 4.96. The lowest BCUT2D eigenvalue weighted by atomic mass is 9.97. The van der Waals surface area contributed by atoms with Gasteiger partial charge in [-0.2, -0.15) is 0 Å². The molecule has 0 saturated carbocycles. The van der Waals surface area contributed by atoms with Crippen LogP contribution in [0, 0.1) is 0 Å². The van der Waals surface area contributed by atoms with Gasteiger partial charge in [-0.15, -0.1) is 0 Å². The Balaban J connectivity index is 1.63. The predicted octanol–water partition coefficient (Wildman–Crippen LogP) is 5.83. The van der Waals surface area contributed by atoms with E-state index in [1.54, 1.807) is 31.2 Å². The predicted molar refractivity (Wildman–Crippen MR) is 116 cm³/mol. The first-order valence-electron chi connectivity index (χ1n) is 9.21. The molecule has 1 atom stereocenters. The second kappa shape index (κ2) is 7.94. The minimum absolute atomic E-state index is 0.426. The van der Waals surface area contributed by atoms with Crippen molar-refractivity contribution in [2.24, 2.45) is 0 Å². The largest absolute Gasteiger partial charge is 0.449 e. The van der Waals surface area contributed by atoms with Crippen LogP contribution in [0.25, 0.3) is 21.5 Å². The van der Waals surface area contributed by atoms with Crippen molar-refractivity contribution < 1.29 is 14.3 Å². The fourth-order valence-electron chi connectivity index (χ4n) is 3.32. The Morgan fingerprint density at radius 3 is 2.10 bits per heavy atom.